The summed E-state index contributed by atoms with van der Waals surface area (Å²) < 4.78 is 2.23. The van der Waals surface area contributed by atoms with Gasteiger partial charge in [0.1, 0.15) is 5.69 Å². The maximum Gasteiger partial charge on any atom is 0.331 e. The van der Waals surface area contributed by atoms with Crippen LogP contribution in [0.25, 0.3) is 0 Å². The maximum atomic E-state index is 13.4. The Bertz CT molecular complexity index is 948. The van der Waals surface area contributed by atoms with Gasteiger partial charge >= 0.3 is 5.69 Å². The van der Waals surface area contributed by atoms with Gasteiger partial charge in [-0.05, 0) is 25.7 Å². The number of piperidine rings is 1. The Balaban J connectivity index is 1.78. The van der Waals surface area contributed by atoms with Gasteiger partial charge in [0.25, 0.3) is 11.5 Å². The van der Waals surface area contributed by atoms with Crippen molar-refractivity contribution in [2.24, 2.45) is 19.5 Å². The van der Waals surface area contributed by atoms with E-state index < -0.39 is 11.2 Å². The van der Waals surface area contributed by atoms with E-state index in [-0.39, 0.29) is 41.0 Å². The minimum absolute atomic E-state index is 0.000580. The molecule has 1 aliphatic carbocycles. The average molecular weight is 374 g/mol. The lowest BCUT2D eigenvalue weighted by Gasteiger charge is -2.49. The Morgan fingerprint density at radius 1 is 1.11 bits per heavy atom. The number of amides is 2. The average Bonchev–Trinajstić information content (AvgIpc) is 2.92. The molecule has 0 spiro atoms. The molecule has 3 aliphatic rings. The summed E-state index contributed by atoms with van der Waals surface area (Å²) in [6.07, 6.45) is 3.72. The molecule has 4 atom stereocenters. The minimum atomic E-state index is -0.510. The van der Waals surface area contributed by atoms with Crippen molar-refractivity contribution >= 4 is 11.8 Å². The number of likely N-dealkylation sites (tertiary alicyclic amines) is 2. The highest BCUT2D eigenvalue weighted by Crippen LogP contribution is 2.54. The number of carbonyl (C=O) groups is 2. The van der Waals surface area contributed by atoms with Crippen molar-refractivity contribution in [2.75, 3.05) is 6.54 Å². The van der Waals surface area contributed by atoms with E-state index in [1.807, 2.05) is 9.80 Å². The second-order valence-corrected chi connectivity index (χ2v) is 8.48. The van der Waals surface area contributed by atoms with Gasteiger partial charge in [0, 0.05) is 51.1 Å². The van der Waals surface area contributed by atoms with Crippen molar-refractivity contribution in [3.05, 3.63) is 32.6 Å². The lowest BCUT2D eigenvalue weighted by Crippen LogP contribution is -2.58. The molecule has 2 saturated heterocycles. The second-order valence-electron chi connectivity index (χ2n) is 8.48. The zero-order valence-corrected chi connectivity index (χ0v) is 16.3. The third-order valence-corrected chi connectivity index (χ3v) is 7.04. The highest BCUT2D eigenvalue weighted by atomic mass is 16.2. The molecule has 0 aromatic carbocycles. The van der Waals surface area contributed by atoms with Crippen molar-refractivity contribution < 1.29 is 9.59 Å². The number of carbonyl (C=O) groups excluding carboxylic acids is 2. The fraction of sp³-hybridized carbons (Fsp3) is 0.684. The molecule has 27 heavy (non-hydrogen) atoms. The number of fused-ring (bicyclic) bond motifs is 1. The lowest BCUT2D eigenvalue weighted by molar-refractivity contribution is -0.132. The summed E-state index contributed by atoms with van der Waals surface area (Å²) in [4.78, 5) is 53.8. The Hall–Kier alpha value is -2.38. The molecule has 8 heteroatoms. The molecule has 0 radical (unpaired) electrons. The standard InChI is InChI=1S/C19H26N4O4/c1-11(24)23-12-9-19(2)14(6-5-7-15(19)23)22(10-12)17(26)13-8-16(25)21(4)18(27)20(13)3/h8,12,14-15H,5-7,9-10H2,1-4H3/t12-,14+,15-,19+/m0/s1. The van der Waals surface area contributed by atoms with Crippen LogP contribution >= 0.6 is 0 Å². The van der Waals surface area contributed by atoms with Gasteiger partial charge in [-0.15, -0.1) is 0 Å². The summed E-state index contributed by atoms with van der Waals surface area (Å²) in [5, 5.41) is 0. The zero-order valence-electron chi connectivity index (χ0n) is 16.3. The van der Waals surface area contributed by atoms with Crippen LogP contribution < -0.4 is 11.2 Å². The SMILES string of the molecule is CC(=O)N1[C@@H]2CN(C(=O)c3cc(=O)n(C)c(=O)n3C)[C@@H]3CCC[C@H]1[C@]3(C)C2. The quantitative estimate of drug-likeness (QED) is 0.697. The summed E-state index contributed by atoms with van der Waals surface area (Å²) >= 11 is 0. The molecule has 2 amide bonds. The highest BCUT2D eigenvalue weighted by molar-refractivity contribution is 5.93. The molecule has 0 N–H and O–H groups in total. The van der Waals surface area contributed by atoms with Crippen molar-refractivity contribution in [1.29, 1.82) is 0 Å². The first-order valence-electron chi connectivity index (χ1n) is 9.53. The monoisotopic (exact) mass is 374 g/mol. The predicted molar refractivity (Wildman–Crippen MR) is 98.4 cm³/mol. The van der Waals surface area contributed by atoms with Crippen molar-refractivity contribution in [2.45, 2.75) is 57.7 Å². The Morgan fingerprint density at radius 2 is 1.78 bits per heavy atom. The first-order valence-corrected chi connectivity index (χ1v) is 9.53. The van der Waals surface area contributed by atoms with E-state index in [4.69, 9.17) is 0 Å². The summed E-state index contributed by atoms with van der Waals surface area (Å²) in [6, 6.07) is 1.41. The van der Waals surface area contributed by atoms with E-state index in [1.165, 1.54) is 24.7 Å². The van der Waals surface area contributed by atoms with Gasteiger partial charge in [-0.3, -0.25) is 23.5 Å². The minimum Gasteiger partial charge on any atom is -0.335 e. The molecule has 1 aromatic heterocycles. The molecular formula is C19H26N4O4. The third kappa shape index (κ3) is 2.34. The van der Waals surface area contributed by atoms with Crippen LogP contribution in [0.15, 0.2) is 15.7 Å². The van der Waals surface area contributed by atoms with E-state index in [1.54, 1.807) is 6.92 Å². The number of aromatic nitrogens is 2. The first-order chi connectivity index (χ1) is 12.7. The van der Waals surface area contributed by atoms with Gasteiger partial charge in [-0.1, -0.05) is 6.92 Å². The van der Waals surface area contributed by atoms with E-state index in [0.29, 0.717) is 6.54 Å². The van der Waals surface area contributed by atoms with Gasteiger partial charge in [-0.2, -0.15) is 0 Å². The summed E-state index contributed by atoms with van der Waals surface area (Å²) in [5.74, 6) is -0.232. The van der Waals surface area contributed by atoms with Crippen LogP contribution in [-0.2, 0) is 18.9 Å². The van der Waals surface area contributed by atoms with Gasteiger partial charge in [0.15, 0.2) is 0 Å². The molecule has 8 nitrogen and oxygen atoms in total. The predicted octanol–water partition coefficient (Wildman–Crippen LogP) is 0.0880. The van der Waals surface area contributed by atoms with E-state index in [0.717, 1.165) is 30.3 Å². The third-order valence-electron chi connectivity index (χ3n) is 7.04. The van der Waals surface area contributed by atoms with E-state index in [9.17, 15) is 19.2 Å². The van der Waals surface area contributed by atoms with Crippen LogP contribution in [0.2, 0.25) is 0 Å². The molecule has 2 aliphatic heterocycles. The van der Waals surface area contributed by atoms with Gasteiger partial charge in [0.05, 0.1) is 6.04 Å². The van der Waals surface area contributed by atoms with Crippen LogP contribution in [0.5, 0.6) is 0 Å². The van der Waals surface area contributed by atoms with Crippen molar-refractivity contribution in [3.63, 3.8) is 0 Å². The topological polar surface area (TPSA) is 84.6 Å². The fourth-order valence-electron chi connectivity index (χ4n) is 5.78. The summed E-state index contributed by atoms with van der Waals surface area (Å²) in [7, 11) is 2.92. The van der Waals surface area contributed by atoms with Gasteiger partial charge in [-0.25, -0.2) is 4.79 Å². The second kappa shape index (κ2) is 5.81. The molecular weight excluding hydrogens is 348 g/mol. The number of hydrogen-bond donors (Lipinski definition) is 0. The van der Waals surface area contributed by atoms with E-state index in [2.05, 4.69) is 6.92 Å². The number of nitrogens with zero attached hydrogens (tertiary/aromatic N) is 4. The molecule has 3 fully saturated rings. The molecule has 146 valence electrons. The van der Waals surface area contributed by atoms with Crippen LogP contribution in [-0.4, -0.2) is 55.4 Å². The molecule has 2 bridgehead atoms. The van der Waals surface area contributed by atoms with Crippen LogP contribution in [0, 0.1) is 5.41 Å². The number of hydrogen-bond acceptors (Lipinski definition) is 4. The smallest absolute Gasteiger partial charge is 0.331 e. The normalized spacial score (nSPS) is 31.9. The fourth-order valence-corrected chi connectivity index (χ4v) is 5.78. The van der Waals surface area contributed by atoms with Crippen molar-refractivity contribution in [3.8, 4) is 0 Å². The van der Waals surface area contributed by atoms with Crippen LogP contribution in [0.3, 0.4) is 0 Å². The number of rotatable bonds is 1. The van der Waals surface area contributed by atoms with Crippen LogP contribution in [0.1, 0.15) is 50.0 Å². The van der Waals surface area contributed by atoms with E-state index >= 15 is 0 Å². The molecule has 3 heterocycles. The Morgan fingerprint density at radius 3 is 2.44 bits per heavy atom. The van der Waals surface area contributed by atoms with Crippen LogP contribution in [0.4, 0.5) is 0 Å². The summed E-state index contributed by atoms with van der Waals surface area (Å²) in [5.41, 5.74) is -1.02. The largest absolute Gasteiger partial charge is 0.335 e. The Kier molecular flexibility index (Phi) is 3.87. The zero-order chi connectivity index (χ0) is 19.7. The lowest BCUT2D eigenvalue weighted by atomic mass is 9.65. The molecule has 0 unspecified atom stereocenters. The van der Waals surface area contributed by atoms with Gasteiger partial charge in [0.2, 0.25) is 5.91 Å². The maximum absolute atomic E-state index is 13.4. The summed E-state index contributed by atoms with van der Waals surface area (Å²) in [6.45, 7) is 4.24. The molecule has 1 aromatic rings. The first kappa shape index (κ1) is 18.0. The van der Waals surface area contributed by atoms with Crippen molar-refractivity contribution in [1.82, 2.24) is 18.9 Å². The Labute approximate surface area is 157 Å². The molecule has 1 saturated carbocycles. The van der Waals surface area contributed by atoms with Gasteiger partial charge < -0.3 is 9.80 Å². The molecule has 4 rings (SSSR count). The highest BCUT2D eigenvalue weighted by Gasteiger charge is 2.61.